The highest BCUT2D eigenvalue weighted by atomic mass is 16.5. The summed E-state index contributed by atoms with van der Waals surface area (Å²) in [5.74, 6) is 0. The number of ether oxygens (including phenoxy) is 1. The molecule has 4 heteroatoms. The van der Waals surface area contributed by atoms with Gasteiger partial charge in [-0.05, 0) is 31.4 Å². The molecule has 0 aliphatic carbocycles. The van der Waals surface area contributed by atoms with Gasteiger partial charge in [0.05, 0.1) is 18.2 Å². The van der Waals surface area contributed by atoms with Crippen LogP contribution in [0.1, 0.15) is 18.9 Å². The van der Waals surface area contributed by atoms with E-state index < -0.39 is 5.60 Å². The number of methoxy groups -OCH3 is 1. The molecule has 2 unspecified atom stereocenters. The van der Waals surface area contributed by atoms with Crippen molar-refractivity contribution < 1.29 is 9.84 Å². The number of fused-ring (bicyclic) bond motifs is 1. The molecule has 0 saturated carbocycles. The molecule has 19 heavy (non-hydrogen) atoms. The average molecular weight is 264 g/mol. The van der Waals surface area contributed by atoms with Crippen molar-refractivity contribution in [2.45, 2.75) is 31.4 Å². The van der Waals surface area contributed by atoms with Crippen LogP contribution in [0.2, 0.25) is 0 Å². The first-order valence-corrected chi connectivity index (χ1v) is 6.90. The fourth-order valence-electron chi connectivity index (χ4n) is 2.54. The van der Waals surface area contributed by atoms with Crippen molar-refractivity contribution in [2.75, 3.05) is 32.1 Å². The lowest BCUT2D eigenvalue weighted by atomic mass is 9.87. The van der Waals surface area contributed by atoms with E-state index in [4.69, 9.17) is 4.74 Å². The Kier molecular flexibility index (Phi) is 4.80. The molecular formula is C15H24N2O2. The summed E-state index contributed by atoms with van der Waals surface area (Å²) in [6.45, 7) is 3.88. The van der Waals surface area contributed by atoms with E-state index in [0.717, 1.165) is 25.1 Å². The molecule has 106 valence electrons. The lowest BCUT2D eigenvalue weighted by molar-refractivity contribution is 0.0347. The van der Waals surface area contributed by atoms with Gasteiger partial charge in [-0.1, -0.05) is 18.2 Å². The summed E-state index contributed by atoms with van der Waals surface area (Å²) in [7, 11) is 1.68. The highest BCUT2D eigenvalue weighted by molar-refractivity contribution is 5.54. The number of nitrogens with one attached hydrogen (secondary N) is 2. The van der Waals surface area contributed by atoms with Gasteiger partial charge in [-0.2, -0.15) is 0 Å². The van der Waals surface area contributed by atoms with Crippen LogP contribution in [-0.2, 0) is 11.2 Å². The van der Waals surface area contributed by atoms with E-state index in [2.05, 4.69) is 28.8 Å². The van der Waals surface area contributed by atoms with Crippen molar-refractivity contribution in [3.05, 3.63) is 29.8 Å². The minimum Gasteiger partial charge on any atom is -0.387 e. The maximum atomic E-state index is 10.6. The topological polar surface area (TPSA) is 53.5 Å². The molecule has 3 N–H and O–H groups in total. The van der Waals surface area contributed by atoms with E-state index in [1.165, 1.54) is 5.56 Å². The predicted octanol–water partition coefficient (Wildman–Crippen LogP) is 1.40. The van der Waals surface area contributed by atoms with Crippen LogP contribution in [0.25, 0.3) is 0 Å². The first-order valence-electron chi connectivity index (χ1n) is 6.90. The summed E-state index contributed by atoms with van der Waals surface area (Å²) >= 11 is 0. The van der Waals surface area contributed by atoms with Crippen LogP contribution >= 0.6 is 0 Å². The van der Waals surface area contributed by atoms with Gasteiger partial charge in [-0.3, -0.25) is 0 Å². The van der Waals surface area contributed by atoms with E-state index in [9.17, 15) is 5.11 Å². The zero-order chi connectivity index (χ0) is 13.7. The molecule has 0 bridgehead atoms. The lowest BCUT2D eigenvalue weighted by Gasteiger charge is -2.38. The van der Waals surface area contributed by atoms with Crippen LogP contribution < -0.4 is 10.6 Å². The Bertz CT molecular complexity index is 407. The fourth-order valence-corrected chi connectivity index (χ4v) is 2.54. The third-order valence-corrected chi connectivity index (χ3v) is 3.77. The Morgan fingerprint density at radius 3 is 3.05 bits per heavy atom. The molecule has 4 nitrogen and oxygen atoms in total. The van der Waals surface area contributed by atoms with Crippen LogP contribution in [-0.4, -0.2) is 43.6 Å². The van der Waals surface area contributed by atoms with E-state index in [1.54, 1.807) is 7.11 Å². The molecule has 0 saturated heterocycles. The van der Waals surface area contributed by atoms with Gasteiger partial charge in [0.15, 0.2) is 0 Å². The fraction of sp³-hybridized carbons (Fsp3) is 0.600. The quantitative estimate of drug-likeness (QED) is 0.680. The van der Waals surface area contributed by atoms with Crippen LogP contribution in [0.5, 0.6) is 0 Å². The molecule has 1 aliphatic rings. The molecule has 0 spiro atoms. The SMILES string of the molecule is COCCNCC(C)(O)C1CCc2ccccc2N1. The number of benzene rings is 1. The summed E-state index contributed by atoms with van der Waals surface area (Å²) in [5, 5.41) is 17.3. The molecule has 0 radical (unpaired) electrons. The maximum Gasteiger partial charge on any atom is 0.0943 e. The van der Waals surface area contributed by atoms with Gasteiger partial charge in [0, 0.05) is 25.9 Å². The highest BCUT2D eigenvalue weighted by Crippen LogP contribution is 2.28. The molecule has 1 aromatic rings. The molecule has 1 aromatic carbocycles. The van der Waals surface area contributed by atoms with Gasteiger partial charge >= 0.3 is 0 Å². The second-order valence-corrected chi connectivity index (χ2v) is 5.42. The largest absolute Gasteiger partial charge is 0.387 e. The van der Waals surface area contributed by atoms with Crippen molar-refractivity contribution >= 4 is 5.69 Å². The molecule has 2 rings (SSSR count). The van der Waals surface area contributed by atoms with Crippen molar-refractivity contribution in [1.29, 1.82) is 0 Å². The first-order chi connectivity index (χ1) is 9.13. The van der Waals surface area contributed by atoms with Crippen LogP contribution in [0.15, 0.2) is 24.3 Å². The summed E-state index contributed by atoms with van der Waals surface area (Å²) in [6, 6.07) is 8.39. The predicted molar refractivity (Wildman–Crippen MR) is 77.5 cm³/mol. The standard InChI is InChI=1S/C15H24N2O2/c1-15(18,11-16-9-10-19-2)14-8-7-12-5-3-4-6-13(12)17-14/h3-6,14,16-18H,7-11H2,1-2H3. The summed E-state index contributed by atoms with van der Waals surface area (Å²) in [4.78, 5) is 0. The van der Waals surface area contributed by atoms with Gasteiger partial charge in [-0.15, -0.1) is 0 Å². The van der Waals surface area contributed by atoms with Crippen LogP contribution in [0.3, 0.4) is 0 Å². The second kappa shape index (κ2) is 6.37. The number of hydrogen-bond donors (Lipinski definition) is 3. The number of hydrogen-bond acceptors (Lipinski definition) is 4. The Hall–Kier alpha value is -1.10. The molecule has 1 aliphatic heterocycles. The van der Waals surface area contributed by atoms with Crippen molar-refractivity contribution in [1.82, 2.24) is 5.32 Å². The number of aliphatic hydroxyl groups is 1. The van der Waals surface area contributed by atoms with Crippen molar-refractivity contribution in [3.63, 3.8) is 0 Å². The molecule has 0 fully saturated rings. The highest BCUT2D eigenvalue weighted by Gasteiger charge is 2.33. The van der Waals surface area contributed by atoms with Gasteiger partial charge in [0.25, 0.3) is 0 Å². The zero-order valence-corrected chi connectivity index (χ0v) is 11.8. The average Bonchev–Trinajstić information content (AvgIpc) is 2.43. The van der Waals surface area contributed by atoms with E-state index in [0.29, 0.717) is 13.2 Å². The minimum atomic E-state index is -0.763. The third-order valence-electron chi connectivity index (χ3n) is 3.77. The molecule has 2 atom stereocenters. The molecule has 1 heterocycles. The van der Waals surface area contributed by atoms with Crippen LogP contribution in [0.4, 0.5) is 5.69 Å². The lowest BCUT2D eigenvalue weighted by Crippen LogP contribution is -2.52. The van der Waals surface area contributed by atoms with Gasteiger partial charge in [-0.25, -0.2) is 0 Å². The molecular weight excluding hydrogens is 240 g/mol. The summed E-state index contributed by atoms with van der Waals surface area (Å²) < 4.78 is 4.99. The summed E-state index contributed by atoms with van der Waals surface area (Å²) in [6.07, 6.45) is 1.97. The Balaban J connectivity index is 1.91. The van der Waals surface area contributed by atoms with E-state index in [-0.39, 0.29) is 6.04 Å². The number of para-hydroxylation sites is 1. The van der Waals surface area contributed by atoms with Crippen molar-refractivity contribution in [3.8, 4) is 0 Å². The Morgan fingerprint density at radius 2 is 2.26 bits per heavy atom. The smallest absolute Gasteiger partial charge is 0.0943 e. The summed E-state index contributed by atoms with van der Waals surface area (Å²) in [5.41, 5.74) is 1.72. The zero-order valence-electron chi connectivity index (χ0n) is 11.8. The normalized spacial score (nSPS) is 21.3. The minimum absolute atomic E-state index is 0.0810. The van der Waals surface area contributed by atoms with Gasteiger partial charge in [0.2, 0.25) is 0 Å². The number of anilines is 1. The maximum absolute atomic E-state index is 10.6. The van der Waals surface area contributed by atoms with E-state index in [1.807, 2.05) is 13.0 Å². The number of rotatable bonds is 6. The Morgan fingerprint density at radius 1 is 1.47 bits per heavy atom. The first kappa shape index (κ1) is 14.3. The van der Waals surface area contributed by atoms with Gasteiger partial charge < -0.3 is 20.5 Å². The van der Waals surface area contributed by atoms with Gasteiger partial charge in [0.1, 0.15) is 0 Å². The molecule has 0 aromatic heterocycles. The van der Waals surface area contributed by atoms with E-state index >= 15 is 0 Å². The Labute approximate surface area is 115 Å². The third kappa shape index (κ3) is 3.69. The van der Waals surface area contributed by atoms with Crippen molar-refractivity contribution in [2.24, 2.45) is 0 Å². The monoisotopic (exact) mass is 264 g/mol. The second-order valence-electron chi connectivity index (χ2n) is 5.42. The molecule has 0 amide bonds. The number of aryl methyl sites for hydroxylation is 1. The van der Waals surface area contributed by atoms with Crippen LogP contribution in [0, 0.1) is 0 Å².